The molecule has 114 valence electrons. The Morgan fingerprint density at radius 1 is 1.38 bits per heavy atom. The molecule has 0 radical (unpaired) electrons. The minimum absolute atomic E-state index is 0.203. The lowest BCUT2D eigenvalue weighted by atomic mass is 10.2. The number of thioether (sulfide) groups is 2. The van der Waals surface area contributed by atoms with Gasteiger partial charge in [0, 0.05) is 6.42 Å². The zero-order chi connectivity index (χ0) is 15.0. The van der Waals surface area contributed by atoms with Crippen LogP contribution in [-0.4, -0.2) is 61.1 Å². The van der Waals surface area contributed by atoms with Gasteiger partial charge in [0.2, 0.25) is 0 Å². The fourth-order valence-electron chi connectivity index (χ4n) is 2.37. The van der Waals surface area contributed by atoms with E-state index in [1.807, 2.05) is 12.5 Å². The third-order valence-electron chi connectivity index (χ3n) is 3.44. The highest BCUT2D eigenvalue weighted by atomic mass is 32.2. The van der Waals surface area contributed by atoms with E-state index in [9.17, 15) is 10.2 Å². The lowest BCUT2D eigenvalue weighted by Crippen LogP contribution is -2.24. The lowest BCUT2D eigenvalue weighted by Gasteiger charge is -2.13. The first-order valence-corrected chi connectivity index (χ1v) is 8.89. The van der Waals surface area contributed by atoms with Crippen LogP contribution in [0.3, 0.4) is 0 Å². The maximum atomic E-state index is 9.87. The van der Waals surface area contributed by atoms with Gasteiger partial charge in [0.15, 0.2) is 10.8 Å². The molecule has 1 aliphatic heterocycles. The standard InChI is InChI=1S/C12H16N4O3S2/c1-20-11-9-10(14-12(15-11)21-2)16(5-13-9)8-3-6(18)7(4-17)19-8/h5-8,17-18H,3-4H2,1-2H3/t6-,7+,8+/m1/s1. The Hall–Kier alpha value is -0.870. The highest BCUT2D eigenvalue weighted by Gasteiger charge is 2.35. The zero-order valence-electron chi connectivity index (χ0n) is 11.6. The first kappa shape index (κ1) is 15.0. The van der Waals surface area contributed by atoms with E-state index in [0.717, 1.165) is 10.5 Å². The van der Waals surface area contributed by atoms with Gasteiger partial charge in [0.25, 0.3) is 0 Å². The molecule has 0 bridgehead atoms. The van der Waals surface area contributed by atoms with Crippen molar-refractivity contribution in [2.75, 3.05) is 19.1 Å². The highest BCUT2D eigenvalue weighted by Crippen LogP contribution is 2.32. The summed E-state index contributed by atoms with van der Waals surface area (Å²) in [5.74, 6) is 0. The van der Waals surface area contributed by atoms with Crippen LogP contribution >= 0.6 is 23.5 Å². The highest BCUT2D eigenvalue weighted by molar-refractivity contribution is 7.99. The van der Waals surface area contributed by atoms with Gasteiger partial charge in [-0.2, -0.15) is 0 Å². The first-order valence-electron chi connectivity index (χ1n) is 6.44. The van der Waals surface area contributed by atoms with Crippen molar-refractivity contribution < 1.29 is 14.9 Å². The number of rotatable bonds is 4. The number of nitrogens with zero attached hydrogens (tertiary/aromatic N) is 4. The second kappa shape index (κ2) is 6.09. The molecule has 9 heteroatoms. The van der Waals surface area contributed by atoms with E-state index >= 15 is 0 Å². The number of imidazole rings is 1. The van der Waals surface area contributed by atoms with Gasteiger partial charge in [-0.15, -0.1) is 11.8 Å². The molecule has 3 heterocycles. The van der Waals surface area contributed by atoms with Crippen LogP contribution in [0.5, 0.6) is 0 Å². The monoisotopic (exact) mass is 328 g/mol. The SMILES string of the molecule is CSc1nc(SC)c2ncn([C@@H]3C[C@@H](O)[C@H](CO)O3)c2n1. The largest absolute Gasteiger partial charge is 0.394 e. The maximum Gasteiger partial charge on any atom is 0.190 e. The number of hydrogen-bond donors (Lipinski definition) is 2. The number of aromatic nitrogens is 4. The van der Waals surface area contributed by atoms with Crippen molar-refractivity contribution in [2.24, 2.45) is 0 Å². The molecular formula is C12H16N4O3S2. The zero-order valence-corrected chi connectivity index (χ0v) is 13.3. The third-order valence-corrected chi connectivity index (χ3v) is 4.66. The van der Waals surface area contributed by atoms with E-state index in [1.54, 1.807) is 10.9 Å². The number of aliphatic hydroxyl groups excluding tert-OH is 2. The first-order chi connectivity index (χ1) is 10.2. The number of fused-ring (bicyclic) bond motifs is 1. The Labute approximate surface area is 130 Å². The Morgan fingerprint density at radius 3 is 2.81 bits per heavy atom. The van der Waals surface area contributed by atoms with Gasteiger partial charge in [-0.05, 0) is 12.5 Å². The molecule has 3 rings (SSSR count). The van der Waals surface area contributed by atoms with E-state index in [4.69, 9.17) is 4.74 Å². The fourth-order valence-corrected chi connectivity index (χ4v) is 3.30. The molecule has 0 aromatic carbocycles. The molecule has 21 heavy (non-hydrogen) atoms. The van der Waals surface area contributed by atoms with Crippen molar-refractivity contribution in [1.29, 1.82) is 0 Å². The van der Waals surface area contributed by atoms with Crippen LogP contribution in [0, 0.1) is 0 Å². The molecular weight excluding hydrogens is 312 g/mol. The Kier molecular flexibility index (Phi) is 4.36. The molecule has 0 unspecified atom stereocenters. The second-order valence-electron chi connectivity index (χ2n) is 4.66. The minimum atomic E-state index is -0.681. The predicted molar refractivity (Wildman–Crippen MR) is 80.5 cm³/mol. The van der Waals surface area contributed by atoms with Crippen molar-refractivity contribution in [2.45, 2.75) is 35.0 Å². The molecule has 2 N–H and O–H groups in total. The van der Waals surface area contributed by atoms with Gasteiger partial charge in [0.05, 0.1) is 19.0 Å². The van der Waals surface area contributed by atoms with Crippen molar-refractivity contribution in [3.63, 3.8) is 0 Å². The molecule has 2 aromatic heterocycles. The Balaban J connectivity index is 2.04. The molecule has 7 nitrogen and oxygen atoms in total. The van der Waals surface area contributed by atoms with Crippen LogP contribution in [0.25, 0.3) is 11.2 Å². The summed E-state index contributed by atoms with van der Waals surface area (Å²) in [6, 6.07) is 0. The average molecular weight is 328 g/mol. The quantitative estimate of drug-likeness (QED) is 0.486. The van der Waals surface area contributed by atoms with Crippen LogP contribution in [-0.2, 0) is 4.74 Å². The van der Waals surface area contributed by atoms with Gasteiger partial charge in [-0.1, -0.05) is 11.8 Å². The molecule has 0 amide bonds. The normalized spacial score (nSPS) is 25.8. The maximum absolute atomic E-state index is 9.87. The van der Waals surface area contributed by atoms with Crippen LogP contribution < -0.4 is 0 Å². The average Bonchev–Trinajstić information content (AvgIpc) is 3.08. The van der Waals surface area contributed by atoms with Crippen LogP contribution in [0.15, 0.2) is 16.5 Å². The van der Waals surface area contributed by atoms with E-state index in [1.165, 1.54) is 23.5 Å². The number of ether oxygens (including phenoxy) is 1. The van der Waals surface area contributed by atoms with Crippen molar-refractivity contribution >= 4 is 34.7 Å². The molecule has 2 aromatic rings. The molecule has 3 atom stereocenters. The van der Waals surface area contributed by atoms with E-state index < -0.39 is 12.2 Å². The van der Waals surface area contributed by atoms with Gasteiger partial charge in [0.1, 0.15) is 22.9 Å². The summed E-state index contributed by atoms with van der Waals surface area (Å²) >= 11 is 2.99. The van der Waals surface area contributed by atoms with Crippen molar-refractivity contribution in [3.8, 4) is 0 Å². The second-order valence-corrected chi connectivity index (χ2v) is 6.23. The minimum Gasteiger partial charge on any atom is -0.394 e. The molecule has 1 saturated heterocycles. The summed E-state index contributed by atoms with van der Waals surface area (Å²) in [7, 11) is 0. The fraction of sp³-hybridized carbons (Fsp3) is 0.583. The van der Waals surface area contributed by atoms with Gasteiger partial charge >= 0.3 is 0 Å². The Morgan fingerprint density at radius 2 is 2.19 bits per heavy atom. The smallest absolute Gasteiger partial charge is 0.190 e. The van der Waals surface area contributed by atoms with Gasteiger partial charge in [-0.25, -0.2) is 15.0 Å². The van der Waals surface area contributed by atoms with Crippen LogP contribution in [0.4, 0.5) is 0 Å². The predicted octanol–water partition coefficient (Wildman–Crippen LogP) is 0.911. The third kappa shape index (κ3) is 2.64. The summed E-state index contributed by atoms with van der Waals surface area (Å²) in [6.07, 6.45) is 4.31. The molecule has 1 fully saturated rings. The lowest BCUT2D eigenvalue weighted by molar-refractivity contribution is -0.0432. The molecule has 0 aliphatic carbocycles. The van der Waals surface area contributed by atoms with Crippen LogP contribution in [0.2, 0.25) is 0 Å². The number of aliphatic hydroxyl groups is 2. The summed E-state index contributed by atoms with van der Waals surface area (Å²) in [6.45, 7) is -0.203. The van der Waals surface area contributed by atoms with E-state index in [2.05, 4.69) is 15.0 Å². The van der Waals surface area contributed by atoms with Crippen molar-refractivity contribution in [1.82, 2.24) is 19.5 Å². The van der Waals surface area contributed by atoms with Gasteiger partial charge in [-0.3, -0.25) is 4.57 Å². The summed E-state index contributed by atoms with van der Waals surface area (Å²) in [5, 5.41) is 20.6. The van der Waals surface area contributed by atoms with E-state index in [0.29, 0.717) is 17.2 Å². The molecule has 0 spiro atoms. The number of hydrogen-bond acceptors (Lipinski definition) is 8. The summed E-state index contributed by atoms with van der Waals surface area (Å²) in [5.41, 5.74) is 1.42. The molecule has 0 saturated carbocycles. The molecule has 1 aliphatic rings. The topological polar surface area (TPSA) is 93.3 Å². The van der Waals surface area contributed by atoms with E-state index in [-0.39, 0.29) is 12.8 Å². The summed E-state index contributed by atoms with van der Waals surface area (Å²) in [4.78, 5) is 13.3. The van der Waals surface area contributed by atoms with Crippen molar-refractivity contribution in [3.05, 3.63) is 6.33 Å². The van der Waals surface area contributed by atoms with Gasteiger partial charge < -0.3 is 14.9 Å². The Bertz CT molecular complexity index is 651. The van der Waals surface area contributed by atoms with Crippen LogP contribution in [0.1, 0.15) is 12.6 Å². The summed E-state index contributed by atoms with van der Waals surface area (Å²) < 4.78 is 7.47.